The standard InChI is InChI=1S/C24H38O3/c1-21(2)13-25-24(26-14-21)10-8-18-16-6-5-15-11-19-20(27-19)12-22(15,3)17(16)7-9-23(18,24)4/h15-20H,5-14H2,1-4H3/t15-,16+,17-,18-,19-,20+,22-,23-/m0/s1. The van der Waals surface area contributed by atoms with E-state index in [9.17, 15) is 0 Å². The summed E-state index contributed by atoms with van der Waals surface area (Å²) in [7, 11) is 0. The molecule has 2 heterocycles. The monoisotopic (exact) mass is 374 g/mol. The molecule has 0 amide bonds. The van der Waals surface area contributed by atoms with Gasteiger partial charge in [-0.3, -0.25) is 0 Å². The number of epoxide rings is 1. The molecule has 6 fully saturated rings. The summed E-state index contributed by atoms with van der Waals surface area (Å²) in [6.45, 7) is 11.4. The summed E-state index contributed by atoms with van der Waals surface area (Å²) in [5, 5.41) is 0. The Hall–Kier alpha value is -0.120. The fourth-order valence-electron chi connectivity index (χ4n) is 8.66. The van der Waals surface area contributed by atoms with Gasteiger partial charge < -0.3 is 14.2 Å². The van der Waals surface area contributed by atoms with Crippen LogP contribution in [0.5, 0.6) is 0 Å². The van der Waals surface area contributed by atoms with Gasteiger partial charge in [-0.25, -0.2) is 0 Å². The van der Waals surface area contributed by atoms with Crippen molar-refractivity contribution in [2.45, 2.75) is 97.1 Å². The molecule has 4 saturated carbocycles. The molecule has 6 aliphatic rings. The van der Waals surface area contributed by atoms with E-state index in [-0.39, 0.29) is 16.6 Å². The molecule has 0 aromatic rings. The molecular formula is C24H38O3. The molecule has 3 nitrogen and oxygen atoms in total. The Morgan fingerprint density at radius 2 is 1.52 bits per heavy atom. The molecule has 6 rings (SSSR count). The minimum atomic E-state index is -0.298. The lowest BCUT2D eigenvalue weighted by Crippen LogP contribution is -2.60. The highest BCUT2D eigenvalue weighted by Crippen LogP contribution is 2.70. The smallest absolute Gasteiger partial charge is 0.173 e. The Morgan fingerprint density at radius 3 is 2.30 bits per heavy atom. The third-order valence-corrected chi connectivity index (χ3v) is 10.3. The fourth-order valence-corrected chi connectivity index (χ4v) is 8.66. The van der Waals surface area contributed by atoms with Gasteiger partial charge in [0.1, 0.15) is 0 Å². The lowest BCUT2D eigenvalue weighted by molar-refractivity contribution is -0.348. The summed E-state index contributed by atoms with van der Waals surface area (Å²) < 4.78 is 19.2. The second-order valence-corrected chi connectivity index (χ2v) is 12.3. The summed E-state index contributed by atoms with van der Waals surface area (Å²) in [6, 6.07) is 0. The lowest BCUT2D eigenvalue weighted by Gasteiger charge is -2.61. The van der Waals surface area contributed by atoms with Crippen molar-refractivity contribution >= 4 is 0 Å². The van der Waals surface area contributed by atoms with Crippen molar-refractivity contribution in [3.8, 4) is 0 Å². The van der Waals surface area contributed by atoms with E-state index in [1.807, 2.05) is 0 Å². The van der Waals surface area contributed by atoms with Crippen molar-refractivity contribution in [2.75, 3.05) is 13.2 Å². The van der Waals surface area contributed by atoms with E-state index >= 15 is 0 Å². The highest BCUT2D eigenvalue weighted by atomic mass is 16.7. The van der Waals surface area contributed by atoms with Crippen molar-refractivity contribution in [3.63, 3.8) is 0 Å². The van der Waals surface area contributed by atoms with Crippen LogP contribution in [0.2, 0.25) is 0 Å². The van der Waals surface area contributed by atoms with Gasteiger partial charge in [-0.1, -0.05) is 27.7 Å². The SMILES string of the molecule is CC1(C)COC2(CC[C@H]3[C@@H]4CC[C@H]5C[C@@H]6O[C@@H]6C[C@]5(C)[C@H]4CC[C@@]32C)OC1. The van der Waals surface area contributed by atoms with Crippen LogP contribution in [0.1, 0.15) is 79.1 Å². The predicted octanol–water partition coefficient (Wildman–Crippen LogP) is 5.18. The maximum Gasteiger partial charge on any atom is 0.173 e. The zero-order valence-electron chi connectivity index (χ0n) is 17.8. The van der Waals surface area contributed by atoms with Crippen LogP contribution in [0.3, 0.4) is 0 Å². The van der Waals surface area contributed by atoms with Gasteiger partial charge in [0.25, 0.3) is 0 Å². The molecule has 3 heteroatoms. The van der Waals surface area contributed by atoms with Gasteiger partial charge in [0.05, 0.1) is 25.4 Å². The van der Waals surface area contributed by atoms with Crippen LogP contribution in [-0.4, -0.2) is 31.2 Å². The van der Waals surface area contributed by atoms with Gasteiger partial charge in [-0.15, -0.1) is 0 Å². The van der Waals surface area contributed by atoms with Gasteiger partial charge in [0.15, 0.2) is 5.79 Å². The predicted molar refractivity (Wildman–Crippen MR) is 104 cm³/mol. The van der Waals surface area contributed by atoms with Crippen LogP contribution in [0.15, 0.2) is 0 Å². The van der Waals surface area contributed by atoms with Crippen LogP contribution >= 0.6 is 0 Å². The molecule has 152 valence electrons. The zero-order valence-corrected chi connectivity index (χ0v) is 17.8. The van der Waals surface area contributed by atoms with Crippen molar-refractivity contribution < 1.29 is 14.2 Å². The highest BCUT2D eigenvalue weighted by molar-refractivity contribution is 5.14. The number of hydrogen-bond donors (Lipinski definition) is 0. The van der Waals surface area contributed by atoms with Crippen LogP contribution < -0.4 is 0 Å². The first-order chi connectivity index (χ1) is 12.8. The summed E-state index contributed by atoms with van der Waals surface area (Å²) in [5.74, 6) is 3.17. The van der Waals surface area contributed by atoms with E-state index in [1.165, 1.54) is 44.9 Å². The molecule has 0 bridgehead atoms. The first-order valence-corrected chi connectivity index (χ1v) is 11.7. The van der Waals surface area contributed by atoms with Gasteiger partial charge in [0, 0.05) is 17.3 Å². The lowest BCUT2D eigenvalue weighted by atomic mass is 9.45. The third kappa shape index (κ3) is 2.26. The summed E-state index contributed by atoms with van der Waals surface area (Å²) >= 11 is 0. The van der Waals surface area contributed by atoms with E-state index in [0.717, 1.165) is 43.3 Å². The van der Waals surface area contributed by atoms with E-state index in [1.54, 1.807) is 0 Å². The van der Waals surface area contributed by atoms with Gasteiger partial charge in [-0.05, 0) is 74.0 Å². The summed E-state index contributed by atoms with van der Waals surface area (Å²) in [6.07, 6.45) is 11.8. The Balaban J connectivity index is 1.29. The fraction of sp³-hybridized carbons (Fsp3) is 1.00. The third-order valence-electron chi connectivity index (χ3n) is 10.3. The Bertz CT molecular complexity index is 634. The second-order valence-electron chi connectivity index (χ2n) is 12.3. The van der Waals surface area contributed by atoms with E-state index in [4.69, 9.17) is 14.2 Å². The number of rotatable bonds is 0. The number of ether oxygens (including phenoxy) is 3. The highest BCUT2D eigenvalue weighted by Gasteiger charge is 2.68. The minimum absolute atomic E-state index is 0.158. The molecule has 0 unspecified atom stereocenters. The normalized spacial score (nSPS) is 57.3. The van der Waals surface area contributed by atoms with Crippen molar-refractivity contribution in [2.24, 2.45) is 39.9 Å². The first-order valence-electron chi connectivity index (χ1n) is 11.7. The molecule has 4 aliphatic carbocycles. The molecule has 0 aromatic carbocycles. The van der Waals surface area contributed by atoms with Crippen LogP contribution in [0, 0.1) is 39.9 Å². The topological polar surface area (TPSA) is 31.0 Å². The van der Waals surface area contributed by atoms with Gasteiger partial charge >= 0.3 is 0 Å². The van der Waals surface area contributed by atoms with Gasteiger partial charge in [-0.2, -0.15) is 0 Å². The quantitative estimate of drug-likeness (QED) is 0.548. The average Bonchev–Trinajstić information content (AvgIpc) is 3.30. The largest absolute Gasteiger partial charge is 0.370 e. The molecule has 0 aromatic heterocycles. The number of hydrogen-bond acceptors (Lipinski definition) is 3. The molecular weight excluding hydrogens is 336 g/mol. The van der Waals surface area contributed by atoms with Crippen molar-refractivity contribution in [3.05, 3.63) is 0 Å². The van der Waals surface area contributed by atoms with Crippen LogP contribution in [-0.2, 0) is 14.2 Å². The molecule has 27 heavy (non-hydrogen) atoms. The molecule has 0 N–H and O–H groups in total. The average molecular weight is 375 g/mol. The maximum atomic E-state index is 6.61. The Kier molecular flexibility index (Phi) is 3.49. The summed E-state index contributed by atoms with van der Waals surface area (Å²) in [4.78, 5) is 0. The molecule has 8 atom stereocenters. The van der Waals surface area contributed by atoms with Crippen LogP contribution in [0.4, 0.5) is 0 Å². The molecule has 1 spiro atoms. The molecule has 2 saturated heterocycles. The Labute approximate surface area is 164 Å². The minimum Gasteiger partial charge on any atom is -0.370 e. The molecule has 0 radical (unpaired) electrons. The van der Waals surface area contributed by atoms with Crippen molar-refractivity contribution in [1.82, 2.24) is 0 Å². The van der Waals surface area contributed by atoms with Gasteiger partial charge in [0.2, 0.25) is 0 Å². The summed E-state index contributed by atoms with van der Waals surface area (Å²) in [5.41, 5.74) is 0.889. The van der Waals surface area contributed by atoms with E-state index in [2.05, 4.69) is 27.7 Å². The van der Waals surface area contributed by atoms with Crippen LogP contribution in [0.25, 0.3) is 0 Å². The van der Waals surface area contributed by atoms with Crippen molar-refractivity contribution in [1.29, 1.82) is 0 Å². The van der Waals surface area contributed by atoms with E-state index < -0.39 is 0 Å². The molecule has 2 aliphatic heterocycles. The maximum absolute atomic E-state index is 6.61. The Morgan fingerprint density at radius 1 is 0.778 bits per heavy atom. The van der Waals surface area contributed by atoms with E-state index in [0.29, 0.717) is 17.6 Å². The first kappa shape index (κ1) is 17.7. The number of fused-ring (bicyclic) bond motifs is 7. The zero-order chi connectivity index (χ0) is 18.7. The second kappa shape index (κ2) is 5.32.